The highest BCUT2D eigenvalue weighted by atomic mass is 32.2. The molecule has 1 aromatic heterocycles. The van der Waals surface area contributed by atoms with Crippen molar-refractivity contribution in [3.05, 3.63) is 89.5 Å². The summed E-state index contributed by atoms with van der Waals surface area (Å²) in [4.78, 5) is 21.1. The second kappa shape index (κ2) is 11.0. The van der Waals surface area contributed by atoms with Gasteiger partial charge in [-0.25, -0.2) is 13.4 Å². The Morgan fingerprint density at radius 1 is 1.00 bits per heavy atom. The van der Waals surface area contributed by atoms with Crippen LogP contribution in [0.1, 0.15) is 49.3 Å². The van der Waals surface area contributed by atoms with Gasteiger partial charge in [0.2, 0.25) is 15.9 Å². The second-order valence-corrected chi connectivity index (χ2v) is 13.2. The zero-order valence-corrected chi connectivity index (χ0v) is 23.6. The Kier molecular flexibility index (Phi) is 7.66. The molecule has 0 aliphatic carbocycles. The molecule has 0 saturated carbocycles. The van der Waals surface area contributed by atoms with Gasteiger partial charge in [-0.1, -0.05) is 85.3 Å². The quantitative estimate of drug-likeness (QED) is 0.270. The Morgan fingerprint density at radius 2 is 1.68 bits per heavy atom. The van der Waals surface area contributed by atoms with E-state index in [0.717, 1.165) is 21.3 Å². The van der Waals surface area contributed by atoms with Crippen LogP contribution in [0.5, 0.6) is 0 Å². The molecule has 0 spiro atoms. The number of anilines is 1. The third-order valence-corrected chi connectivity index (χ3v) is 10.2. The van der Waals surface area contributed by atoms with E-state index >= 15 is 0 Å². The number of sulfonamides is 1. The predicted octanol–water partition coefficient (Wildman–Crippen LogP) is 6.36. The molecule has 5 rings (SSSR count). The molecular formula is C30H33N3O3S2. The summed E-state index contributed by atoms with van der Waals surface area (Å²) in [6.45, 7) is 7.31. The fraction of sp³-hybridized carbons (Fsp3) is 0.333. The van der Waals surface area contributed by atoms with E-state index in [1.807, 2.05) is 55.5 Å². The lowest BCUT2D eigenvalue weighted by Gasteiger charge is -2.33. The van der Waals surface area contributed by atoms with E-state index in [-0.39, 0.29) is 11.8 Å². The van der Waals surface area contributed by atoms with Gasteiger partial charge in [0.05, 0.1) is 21.7 Å². The Bertz CT molecular complexity index is 1520. The summed E-state index contributed by atoms with van der Waals surface area (Å²) < 4.78 is 28.9. The fourth-order valence-electron chi connectivity index (χ4n) is 4.97. The van der Waals surface area contributed by atoms with Crippen LogP contribution in [-0.2, 0) is 21.4 Å². The van der Waals surface area contributed by atoms with Crippen LogP contribution in [0.15, 0.2) is 77.7 Å². The van der Waals surface area contributed by atoms with Gasteiger partial charge in [0, 0.05) is 19.0 Å². The van der Waals surface area contributed by atoms with Crippen molar-refractivity contribution in [2.24, 2.45) is 5.92 Å². The van der Waals surface area contributed by atoms with Gasteiger partial charge < -0.3 is 0 Å². The highest BCUT2D eigenvalue weighted by molar-refractivity contribution is 7.89. The lowest BCUT2D eigenvalue weighted by atomic mass is 9.96. The van der Waals surface area contributed by atoms with Crippen LogP contribution < -0.4 is 4.90 Å². The molecule has 4 aromatic rings. The largest absolute Gasteiger partial charge is 0.283 e. The minimum absolute atomic E-state index is 0.00592. The molecule has 38 heavy (non-hydrogen) atoms. The van der Waals surface area contributed by atoms with E-state index < -0.39 is 10.0 Å². The van der Waals surface area contributed by atoms with Gasteiger partial charge in [0.25, 0.3) is 0 Å². The summed E-state index contributed by atoms with van der Waals surface area (Å²) in [5, 5.41) is 0.691. The lowest BCUT2D eigenvalue weighted by molar-refractivity contribution is -0.123. The molecule has 0 radical (unpaired) electrons. The average molecular weight is 548 g/mol. The summed E-state index contributed by atoms with van der Waals surface area (Å²) in [5.74, 6) is 0.0675. The number of nitrogens with zero attached hydrogens (tertiary/aromatic N) is 3. The number of amides is 1. The summed E-state index contributed by atoms with van der Waals surface area (Å²) in [6.07, 6.45) is 0.967. The number of benzene rings is 3. The molecule has 0 N–H and O–H groups in total. The first-order chi connectivity index (χ1) is 18.2. The van der Waals surface area contributed by atoms with E-state index in [4.69, 9.17) is 4.98 Å². The SMILES string of the molecule is Cc1ccc(S(=O)(=O)N2CCC(C(=O)N(Cc3ccccc3)c3nc4c(C(C)C)cccc4s3)CC2)cc1. The Labute approximate surface area is 229 Å². The topological polar surface area (TPSA) is 70.6 Å². The van der Waals surface area contributed by atoms with Gasteiger partial charge in [-0.15, -0.1) is 0 Å². The summed E-state index contributed by atoms with van der Waals surface area (Å²) in [7, 11) is -3.58. The highest BCUT2D eigenvalue weighted by Gasteiger charge is 2.35. The van der Waals surface area contributed by atoms with Crippen LogP contribution in [-0.4, -0.2) is 36.7 Å². The molecule has 8 heteroatoms. The minimum atomic E-state index is -3.58. The average Bonchev–Trinajstić information content (AvgIpc) is 3.36. The minimum Gasteiger partial charge on any atom is -0.283 e. The first kappa shape index (κ1) is 26.5. The Morgan fingerprint density at radius 3 is 2.34 bits per heavy atom. The van der Waals surface area contributed by atoms with Crippen molar-refractivity contribution in [2.75, 3.05) is 18.0 Å². The van der Waals surface area contributed by atoms with Crippen LogP contribution in [0.3, 0.4) is 0 Å². The van der Waals surface area contributed by atoms with Crippen LogP contribution in [0.2, 0.25) is 0 Å². The molecule has 1 fully saturated rings. The Balaban J connectivity index is 1.39. The number of para-hydroxylation sites is 1. The molecule has 198 valence electrons. The summed E-state index contributed by atoms with van der Waals surface area (Å²) in [6, 6.07) is 23.1. The number of hydrogen-bond donors (Lipinski definition) is 0. The van der Waals surface area contributed by atoms with E-state index in [1.54, 1.807) is 17.0 Å². The number of carbonyl (C=O) groups excluding carboxylic acids is 1. The first-order valence-corrected chi connectivity index (χ1v) is 15.3. The molecule has 0 unspecified atom stereocenters. The Hall–Kier alpha value is -3.07. The second-order valence-electron chi connectivity index (χ2n) is 10.2. The summed E-state index contributed by atoms with van der Waals surface area (Å²) >= 11 is 1.54. The normalized spacial score (nSPS) is 15.3. The van der Waals surface area contributed by atoms with Gasteiger partial charge in [0.1, 0.15) is 0 Å². The molecule has 1 aliphatic rings. The van der Waals surface area contributed by atoms with Crippen molar-refractivity contribution in [3.63, 3.8) is 0 Å². The first-order valence-electron chi connectivity index (χ1n) is 13.1. The molecule has 1 amide bonds. The number of aromatic nitrogens is 1. The van der Waals surface area contributed by atoms with E-state index in [1.165, 1.54) is 21.2 Å². The number of carbonyl (C=O) groups is 1. The number of fused-ring (bicyclic) bond motifs is 1. The third-order valence-electron chi connectivity index (χ3n) is 7.20. The lowest BCUT2D eigenvalue weighted by Crippen LogP contribution is -2.44. The summed E-state index contributed by atoms with van der Waals surface area (Å²) in [5.41, 5.74) is 4.17. The number of rotatable bonds is 7. The van der Waals surface area contributed by atoms with Crippen LogP contribution in [0.25, 0.3) is 10.2 Å². The van der Waals surface area contributed by atoms with Crippen molar-refractivity contribution in [3.8, 4) is 0 Å². The van der Waals surface area contributed by atoms with Crippen LogP contribution in [0.4, 0.5) is 5.13 Å². The van der Waals surface area contributed by atoms with E-state index in [0.29, 0.717) is 48.4 Å². The highest BCUT2D eigenvalue weighted by Crippen LogP contribution is 2.36. The maximum Gasteiger partial charge on any atom is 0.243 e. The number of hydrogen-bond acceptors (Lipinski definition) is 5. The maximum atomic E-state index is 14.0. The number of aryl methyl sites for hydroxylation is 1. The van der Waals surface area contributed by atoms with Gasteiger partial charge in [-0.2, -0.15) is 4.31 Å². The van der Waals surface area contributed by atoms with Crippen molar-refractivity contribution >= 4 is 42.6 Å². The van der Waals surface area contributed by atoms with Gasteiger partial charge in [0.15, 0.2) is 5.13 Å². The molecule has 0 atom stereocenters. The van der Waals surface area contributed by atoms with Gasteiger partial charge in [-0.3, -0.25) is 9.69 Å². The smallest absolute Gasteiger partial charge is 0.243 e. The van der Waals surface area contributed by atoms with Crippen LogP contribution >= 0.6 is 11.3 Å². The van der Waals surface area contributed by atoms with Gasteiger partial charge in [-0.05, 0) is 55.0 Å². The monoisotopic (exact) mass is 547 g/mol. The van der Waals surface area contributed by atoms with Crippen LogP contribution in [0, 0.1) is 12.8 Å². The van der Waals surface area contributed by atoms with Gasteiger partial charge >= 0.3 is 0 Å². The molecule has 1 aliphatic heterocycles. The predicted molar refractivity (Wildman–Crippen MR) is 154 cm³/mol. The standard InChI is InChI=1S/C30H33N3O3S2/c1-21(2)26-10-7-11-27-28(26)31-30(37-27)33(20-23-8-5-4-6-9-23)29(34)24-16-18-32(19-17-24)38(35,36)25-14-12-22(3)13-15-25/h4-15,21,24H,16-20H2,1-3H3. The number of thiazole rings is 1. The zero-order chi connectivity index (χ0) is 26.9. The number of piperidine rings is 1. The van der Waals surface area contributed by atoms with E-state index in [9.17, 15) is 13.2 Å². The molecule has 0 bridgehead atoms. The van der Waals surface area contributed by atoms with Crippen molar-refractivity contribution in [2.45, 2.75) is 51.0 Å². The van der Waals surface area contributed by atoms with E-state index in [2.05, 4.69) is 26.0 Å². The zero-order valence-electron chi connectivity index (χ0n) is 22.0. The fourth-order valence-corrected chi connectivity index (χ4v) is 7.44. The molecule has 2 heterocycles. The maximum absolute atomic E-state index is 14.0. The molecular weight excluding hydrogens is 514 g/mol. The third kappa shape index (κ3) is 5.39. The molecule has 3 aromatic carbocycles. The molecule has 6 nitrogen and oxygen atoms in total. The molecule has 1 saturated heterocycles. The van der Waals surface area contributed by atoms with Crippen molar-refractivity contribution in [1.29, 1.82) is 0 Å². The van der Waals surface area contributed by atoms with Crippen molar-refractivity contribution in [1.82, 2.24) is 9.29 Å². The van der Waals surface area contributed by atoms with Crippen molar-refractivity contribution < 1.29 is 13.2 Å².